The van der Waals surface area contributed by atoms with Crippen molar-refractivity contribution in [3.05, 3.63) is 28.8 Å². The van der Waals surface area contributed by atoms with Gasteiger partial charge in [0.1, 0.15) is 6.04 Å². The Balaban J connectivity index is 2.35. The number of rotatable bonds is 5. The number of hydrogen-bond donors (Lipinski definition) is 2. The van der Waals surface area contributed by atoms with Gasteiger partial charge in [-0.3, -0.25) is 4.79 Å². The third-order valence-electron chi connectivity index (χ3n) is 3.60. The predicted molar refractivity (Wildman–Crippen MR) is 84.9 cm³/mol. The Kier molecular flexibility index (Phi) is 5.85. The highest BCUT2D eigenvalue weighted by atomic mass is 35.5. The molecule has 0 aliphatic carbocycles. The first-order chi connectivity index (χ1) is 10.2. The van der Waals surface area contributed by atoms with Crippen LogP contribution < -0.4 is 15.5 Å². The maximum Gasteiger partial charge on any atom is 0.244 e. The van der Waals surface area contributed by atoms with E-state index in [1.165, 1.54) is 0 Å². The highest BCUT2D eigenvalue weighted by molar-refractivity contribution is 6.33. The minimum atomic E-state index is -0.343. The van der Waals surface area contributed by atoms with Gasteiger partial charge in [0.2, 0.25) is 5.91 Å². The van der Waals surface area contributed by atoms with Crippen molar-refractivity contribution in [3.63, 3.8) is 0 Å². The molecule has 116 valence electrons. The van der Waals surface area contributed by atoms with Gasteiger partial charge < -0.3 is 20.3 Å². The van der Waals surface area contributed by atoms with Gasteiger partial charge in [-0.2, -0.15) is 0 Å². The van der Waals surface area contributed by atoms with Crippen molar-refractivity contribution in [2.75, 3.05) is 38.3 Å². The first-order valence-corrected chi connectivity index (χ1v) is 7.61. The summed E-state index contributed by atoms with van der Waals surface area (Å²) in [5, 5.41) is 6.68. The van der Waals surface area contributed by atoms with Crippen LogP contribution in [0.25, 0.3) is 0 Å². The molecule has 6 heteroatoms. The van der Waals surface area contributed by atoms with Gasteiger partial charge in [-0.15, -0.1) is 0 Å². The van der Waals surface area contributed by atoms with Crippen LogP contribution >= 0.6 is 11.6 Å². The lowest BCUT2D eigenvalue weighted by molar-refractivity contribution is -0.124. The van der Waals surface area contributed by atoms with E-state index in [2.05, 4.69) is 22.5 Å². The van der Waals surface area contributed by atoms with Crippen LogP contribution in [0, 0.1) is 0 Å². The summed E-state index contributed by atoms with van der Waals surface area (Å²) in [7, 11) is 1.64. The van der Waals surface area contributed by atoms with Crippen LogP contribution in [0.1, 0.15) is 12.5 Å². The van der Waals surface area contributed by atoms with E-state index in [9.17, 15) is 4.79 Å². The second-order valence-corrected chi connectivity index (χ2v) is 5.33. The maximum atomic E-state index is 12.1. The molecule has 1 aromatic rings. The van der Waals surface area contributed by atoms with Gasteiger partial charge in [-0.25, -0.2) is 0 Å². The molecule has 1 amide bonds. The molecule has 0 radical (unpaired) electrons. The van der Waals surface area contributed by atoms with Crippen molar-refractivity contribution in [2.45, 2.75) is 19.5 Å². The number of likely N-dealkylation sites (N-methyl/N-ethyl adjacent to an activating group) is 1. The van der Waals surface area contributed by atoms with Crippen molar-refractivity contribution in [1.29, 1.82) is 0 Å². The quantitative estimate of drug-likeness (QED) is 0.863. The molecule has 1 aromatic carbocycles. The third-order valence-corrected chi connectivity index (χ3v) is 3.91. The number of benzene rings is 1. The summed E-state index contributed by atoms with van der Waals surface area (Å²) in [6, 6.07) is 5.50. The van der Waals surface area contributed by atoms with E-state index in [0.717, 1.165) is 24.3 Å². The fraction of sp³-hybridized carbons (Fsp3) is 0.533. The van der Waals surface area contributed by atoms with Gasteiger partial charge in [0, 0.05) is 20.1 Å². The molecule has 1 aliphatic rings. The first-order valence-electron chi connectivity index (χ1n) is 7.23. The van der Waals surface area contributed by atoms with Crippen LogP contribution in [-0.4, -0.2) is 45.3 Å². The van der Waals surface area contributed by atoms with Gasteiger partial charge >= 0.3 is 0 Å². The van der Waals surface area contributed by atoms with Crippen LogP contribution in [-0.2, 0) is 16.1 Å². The molecule has 1 aliphatic heterocycles. The van der Waals surface area contributed by atoms with Gasteiger partial charge in [0.25, 0.3) is 0 Å². The fourth-order valence-electron chi connectivity index (χ4n) is 2.54. The van der Waals surface area contributed by atoms with E-state index in [4.69, 9.17) is 16.3 Å². The summed E-state index contributed by atoms with van der Waals surface area (Å²) in [6.07, 6.45) is 0. The van der Waals surface area contributed by atoms with Gasteiger partial charge in [-0.1, -0.05) is 30.7 Å². The number of amides is 1. The van der Waals surface area contributed by atoms with Gasteiger partial charge in [0.05, 0.1) is 23.9 Å². The highest BCUT2D eigenvalue weighted by Crippen LogP contribution is 2.32. The smallest absolute Gasteiger partial charge is 0.244 e. The van der Waals surface area contributed by atoms with E-state index in [1.807, 2.05) is 18.2 Å². The number of morpholine rings is 1. The Bertz CT molecular complexity index is 496. The number of carbonyl (C=O) groups excluding carboxylic acids is 1. The van der Waals surface area contributed by atoms with Crippen molar-refractivity contribution < 1.29 is 9.53 Å². The van der Waals surface area contributed by atoms with E-state index >= 15 is 0 Å². The number of para-hydroxylation sites is 1. The predicted octanol–water partition coefficient (Wildman–Crippen LogP) is 1.40. The average Bonchev–Trinajstić information content (AvgIpc) is 2.52. The lowest BCUT2D eigenvalue weighted by Crippen LogP contribution is -2.53. The first kappa shape index (κ1) is 16.1. The SMILES string of the molecule is CCNCc1cccc(Cl)c1N1CCOCC1C(=O)NC. The average molecular weight is 312 g/mol. The highest BCUT2D eigenvalue weighted by Gasteiger charge is 2.31. The summed E-state index contributed by atoms with van der Waals surface area (Å²) in [6.45, 7) is 5.30. The molecule has 1 saturated heterocycles. The fourth-order valence-corrected chi connectivity index (χ4v) is 2.84. The van der Waals surface area contributed by atoms with Crippen LogP contribution in [0.2, 0.25) is 5.02 Å². The Morgan fingerprint density at radius 2 is 2.33 bits per heavy atom. The zero-order valence-electron chi connectivity index (χ0n) is 12.5. The van der Waals surface area contributed by atoms with Crippen molar-refractivity contribution >= 4 is 23.2 Å². The van der Waals surface area contributed by atoms with Crippen molar-refractivity contribution in [3.8, 4) is 0 Å². The van der Waals surface area contributed by atoms with Crippen LogP contribution in [0.4, 0.5) is 5.69 Å². The molecule has 0 bridgehead atoms. The lowest BCUT2D eigenvalue weighted by Gasteiger charge is -2.37. The van der Waals surface area contributed by atoms with E-state index in [1.54, 1.807) is 7.05 Å². The summed E-state index contributed by atoms with van der Waals surface area (Å²) >= 11 is 6.41. The Morgan fingerprint density at radius 1 is 1.52 bits per heavy atom. The molecule has 0 saturated carbocycles. The Labute approximate surface area is 130 Å². The molecule has 5 nitrogen and oxygen atoms in total. The zero-order chi connectivity index (χ0) is 15.2. The summed E-state index contributed by atoms with van der Waals surface area (Å²) in [5.74, 6) is -0.0518. The minimum Gasteiger partial charge on any atom is -0.377 e. The molecule has 0 aromatic heterocycles. The van der Waals surface area contributed by atoms with E-state index < -0.39 is 0 Å². The zero-order valence-corrected chi connectivity index (χ0v) is 13.2. The summed E-state index contributed by atoms with van der Waals surface area (Å²) in [5.41, 5.74) is 2.03. The van der Waals surface area contributed by atoms with Gasteiger partial charge in [-0.05, 0) is 18.2 Å². The number of halogens is 1. The molecule has 2 N–H and O–H groups in total. The molecule has 1 heterocycles. The van der Waals surface area contributed by atoms with Gasteiger partial charge in [0.15, 0.2) is 0 Å². The largest absolute Gasteiger partial charge is 0.377 e. The summed E-state index contributed by atoms with van der Waals surface area (Å²) < 4.78 is 5.46. The number of hydrogen-bond acceptors (Lipinski definition) is 4. The molecule has 1 fully saturated rings. The lowest BCUT2D eigenvalue weighted by atomic mass is 10.1. The van der Waals surface area contributed by atoms with Crippen LogP contribution in [0.3, 0.4) is 0 Å². The Morgan fingerprint density at radius 3 is 3.05 bits per heavy atom. The molecular weight excluding hydrogens is 290 g/mol. The molecule has 2 rings (SSSR count). The third kappa shape index (κ3) is 3.67. The second kappa shape index (κ2) is 7.64. The number of anilines is 1. The number of nitrogens with zero attached hydrogens (tertiary/aromatic N) is 1. The number of carbonyl (C=O) groups is 1. The number of ether oxygens (including phenoxy) is 1. The monoisotopic (exact) mass is 311 g/mol. The molecule has 0 spiro atoms. The topological polar surface area (TPSA) is 53.6 Å². The second-order valence-electron chi connectivity index (χ2n) is 4.93. The minimum absolute atomic E-state index is 0.0518. The standard InChI is InChI=1S/C15H22ClN3O2/c1-3-18-9-11-5-4-6-12(16)14(11)19-7-8-21-10-13(19)15(20)17-2/h4-6,13,18H,3,7-10H2,1-2H3,(H,17,20). The van der Waals surface area contributed by atoms with Crippen molar-refractivity contribution in [2.24, 2.45) is 0 Å². The number of nitrogens with one attached hydrogen (secondary N) is 2. The van der Waals surface area contributed by atoms with Crippen LogP contribution in [0.15, 0.2) is 18.2 Å². The summed E-state index contributed by atoms with van der Waals surface area (Å²) in [4.78, 5) is 14.1. The Hall–Kier alpha value is -1.30. The van der Waals surface area contributed by atoms with Crippen LogP contribution in [0.5, 0.6) is 0 Å². The van der Waals surface area contributed by atoms with E-state index in [0.29, 0.717) is 24.8 Å². The molecule has 21 heavy (non-hydrogen) atoms. The van der Waals surface area contributed by atoms with Crippen molar-refractivity contribution in [1.82, 2.24) is 10.6 Å². The molecular formula is C15H22ClN3O2. The van der Waals surface area contributed by atoms with E-state index in [-0.39, 0.29) is 11.9 Å². The molecule has 1 unspecified atom stereocenters. The maximum absolute atomic E-state index is 12.1. The normalized spacial score (nSPS) is 18.6. The molecule has 1 atom stereocenters.